The summed E-state index contributed by atoms with van der Waals surface area (Å²) in [6, 6.07) is 9.08. The van der Waals surface area contributed by atoms with Gasteiger partial charge in [0, 0.05) is 57.5 Å². The second kappa shape index (κ2) is 7.22. The van der Waals surface area contributed by atoms with Crippen molar-refractivity contribution < 1.29 is 14.3 Å². The molecule has 0 saturated carbocycles. The maximum absolute atomic E-state index is 12.8. The fourth-order valence-electron chi connectivity index (χ4n) is 4.32. The number of piperazine rings is 1. The molecule has 0 spiro atoms. The Balaban J connectivity index is 1.40. The van der Waals surface area contributed by atoms with Gasteiger partial charge in [-0.25, -0.2) is 4.79 Å². The largest absolute Gasteiger partial charge is 0.496 e. The molecule has 1 aromatic rings. The van der Waals surface area contributed by atoms with Gasteiger partial charge in [0.15, 0.2) is 0 Å². The first-order valence-electron chi connectivity index (χ1n) is 9.25. The first kappa shape index (κ1) is 16.7. The van der Waals surface area contributed by atoms with E-state index in [4.69, 9.17) is 9.47 Å². The lowest BCUT2D eigenvalue weighted by molar-refractivity contribution is 0.0504. The van der Waals surface area contributed by atoms with Crippen molar-refractivity contribution >= 4 is 6.03 Å². The van der Waals surface area contributed by atoms with E-state index in [0.717, 1.165) is 64.5 Å². The second-order valence-corrected chi connectivity index (χ2v) is 7.17. The van der Waals surface area contributed by atoms with E-state index in [2.05, 4.69) is 26.8 Å². The third kappa shape index (κ3) is 3.33. The highest BCUT2D eigenvalue weighted by Gasteiger charge is 2.43. The van der Waals surface area contributed by atoms with Gasteiger partial charge < -0.3 is 19.3 Å². The van der Waals surface area contributed by atoms with Crippen LogP contribution in [-0.2, 0) is 11.3 Å². The minimum absolute atomic E-state index is 0.230. The third-order valence-corrected chi connectivity index (χ3v) is 5.68. The van der Waals surface area contributed by atoms with Crippen LogP contribution in [0.5, 0.6) is 5.75 Å². The molecule has 0 aliphatic carbocycles. The van der Waals surface area contributed by atoms with Gasteiger partial charge in [-0.1, -0.05) is 18.2 Å². The molecule has 136 valence electrons. The monoisotopic (exact) mass is 345 g/mol. The molecule has 3 aliphatic rings. The molecule has 0 aromatic heterocycles. The number of methoxy groups -OCH3 is 1. The van der Waals surface area contributed by atoms with Crippen LogP contribution in [0.2, 0.25) is 0 Å². The molecule has 0 unspecified atom stereocenters. The molecule has 0 bridgehead atoms. The van der Waals surface area contributed by atoms with Gasteiger partial charge >= 0.3 is 6.03 Å². The number of urea groups is 1. The van der Waals surface area contributed by atoms with Gasteiger partial charge in [0.2, 0.25) is 0 Å². The number of benzene rings is 1. The lowest BCUT2D eigenvalue weighted by atomic mass is 10.1. The first-order valence-corrected chi connectivity index (χ1v) is 9.25. The van der Waals surface area contributed by atoms with Crippen LogP contribution in [0.4, 0.5) is 4.79 Å². The van der Waals surface area contributed by atoms with Crippen LogP contribution in [0.1, 0.15) is 18.4 Å². The molecular weight excluding hydrogens is 318 g/mol. The van der Waals surface area contributed by atoms with Crippen molar-refractivity contribution in [2.75, 3.05) is 46.5 Å². The molecule has 3 heterocycles. The van der Waals surface area contributed by atoms with Crippen molar-refractivity contribution in [3.8, 4) is 5.75 Å². The number of amides is 2. The molecule has 25 heavy (non-hydrogen) atoms. The Kier molecular flexibility index (Phi) is 4.81. The summed E-state index contributed by atoms with van der Waals surface area (Å²) in [5.74, 6) is 0.941. The van der Waals surface area contributed by atoms with Crippen LogP contribution in [0.25, 0.3) is 0 Å². The summed E-state index contributed by atoms with van der Waals surface area (Å²) in [6.07, 6.45) is 1.94. The lowest BCUT2D eigenvalue weighted by Crippen LogP contribution is -2.51. The normalized spacial score (nSPS) is 25.3. The van der Waals surface area contributed by atoms with Crippen molar-refractivity contribution in [1.82, 2.24) is 14.7 Å². The Bertz CT molecular complexity index is 618. The fourth-order valence-corrected chi connectivity index (χ4v) is 4.32. The van der Waals surface area contributed by atoms with Crippen molar-refractivity contribution in [2.24, 2.45) is 0 Å². The summed E-state index contributed by atoms with van der Waals surface area (Å²) < 4.78 is 10.9. The summed E-state index contributed by atoms with van der Waals surface area (Å²) in [6.45, 7) is 5.95. The number of fused-ring (bicyclic) bond motifs is 1. The number of nitrogens with zero attached hydrogens (tertiary/aromatic N) is 3. The number of carbonyl (C=O) groups excluding carboxylic acids is 1. The van der Waals surface area contributed by atoms with Gasteiger partial charge in [0.25, 0.3) is 0 Å². The van der Waals surface area contributed by atoms with E-state index in [1.165, 1.54) is 5.56 Å². The molecule has 3 aliphatic heterocycles. The highest BCUT2D eigenvalue weighted by Crippen LogP contribution is 2.27. The minimum atomic E-state index is 0.230. The average Bonchev–Trinajstić information content (AvgIpc) is 2.99. The maximum atomic E-state index is 12.8. The van der Waals surface area contributed by atoms with Crippen LogP contribution >= 0.6 is 0 Å². The van der Waals surface area contributed by atoms with Crippen molar-refractivity contribution in [3.05, 3.63) is 29.8 Å². The molecule has 1 aromatic carbocycles. The molecule has 0 N–H and O–H groups in total. The summed E-state index contributed by atoms with van der Waals surface area (Å²) >= 11 is 0. The van der Waals surface area contributed by atoms with Crippen molar-refractivity contribution in [1.29, 1.82) is 0 Å². The molecule has 2 amide bonds. The molecule has 6 nitrogen and oxygen atoms in total. The molecule has 6 heteroatoms. The molecule has 1 atom stereocenters. The van der Waals surface area contributed by atoms with E-state index >= 15 is 0 Å². The molecular formula is C19H27N3O3. The fraction of sp³-hybridized carbons (Fsp3) is 0.632. The Morgan fingerprint density at radius 1 is 1.08 bits per heavy atom. The highest BCUT2D eigenvalue weighted by molar-refractivity contribution is 5.77. The zero-order chi connectivity index (χ0) is 17.2. The van der Waals surface area contributed by atoms with Crippen LogP contribution in [-0.4, -0.2) is 79.3 Å². The topological polar surface area (TPSA) is 45.2 Å². The zero-order valence-corrected chi connectivity index (χ0v) is 14.9. The van der Waals surface area contributed by atoms with Crippen LogP contribution in [0.3, 0.4) is 0 Å². The highest BCUT2D eigenvalue weighted by atomic mass is 16.5. The Hall–Kier alpha value is -1.79. The summed E-state index contributed by atoms with van der Waals surface area (Å²) in [4.78, 5) is 19.4. The van der Waals surface area contributed by atoms with E-state index < -0.39 is 0 Å². The van der Waals surface area contributed by atoms with Crippen LogP contribution in [0, 0.1) is 0 Å². The Morgan fingerprint density at radius 2 is 1.88 bits per heavy atom. The Labute approximate surface area is 149 Å². The summed E-state index contributed by atoms with van der Waals surface area (Å²) in [7, 11) is 1.72. The number of rotatable bonds is 4. The van der Waals surface area contributed by atoms with Gasteiger partial charge in [0.1, 0.15) is 5.75 Å². The quantitative estimate of drug-likeness (QED) is 0.835. The number of carbonyl (C=O) groups is 1. The van der Waals surface area contributed by atoms with Crippen molar-refractivity contribution in [2.45, 2.75) is 31.5 Å². The van der Waals surface area contributed by atoms with Gasteiger partial charge in [-0.05, 0) is 18.9 Å². The van der Waals surface area contributed by atoms with Crippen LogP contribution < -0.4 is 4.74 Å². The molecule has 3 saturated heterocycles. The number of para-hydroxylation sites is 1. The van der Waals surface area contributed by atoms with Crippen LogP contribution in [0.15, 0.2) is 24.3 Å². The van der Waals surface area contributed by atoms with E-state index in [9.17, 15) is 4.79 Å². The van der Waals surface area contributed by atoms with E-state index in [-0.39, 0.29) is 6.03 Å². The number of hydrogen-bond donors (Lipinski definition) is 0. The zero-order valence-electron chi connectivity index (χ0n) is 14.9. The number of ether oxygens (including phenoxy) is 2. The van der Waals surface area contributed by atoms with E-state index in [0.29, 0.717) is 12.1 Å². The van der Waals surface area contributed by atoms with Crippen molar-refractivity contribution in [3.63, 3.8) is 0 Å². The SMILES string of the molecule is COc1ccccc1CN1CCN2C(=O)N(C3CCOCC3)C[C@H]2C1. The minimum Gasteiger partial charge on any atom is -0.496 e. The van der Waals surface area contributed by atoms with Gasteiger partial charge in [-0.3, -0.25) is 4.90 Å². The molecule has 0 radical (unpaired) electrons. The second-order valence-electron chi connectivity index (χ2n) is 7.17. The van der Waals surface area contributed by atoms with Gasteiger partial charge in [-0.15, -0.1) is 0 Å². The van der Waals surface area contributed by atoms with E-state index in [1.807, 2.05) is 12.1 Å². The average molecular weight is 345 g/mol. The predicted molar refractivity (Wildman–Crippen MR) is 94.7 cm³/mol. The van der Waals surface area contributed by atoms with E-state index in [1.54, 1.807) is 7.11 Å². The predicted octanol–water partition coefficient (Wildman–Crippen LogP) is 1.80. The maximum Gasteiger partial charge on any atom is 0.320 e. The summed E-state index contributed by atoms with van der Waals surface area (Å²) in [5, 5.41) is 0. The summed E-state index contributed by atoms with van der Waals surface area (Å²) in [5.41, 5.74) is 1.21. The van der Waals surface area contributed by atoms with Gasteiger partial charge in [-0.2, -0.15) is 0 Å². The van der Waals surface area contributed by atoms with Gasteiger partial charge in [0.05, 0.1) is 13.2 Å². The first-order chi connectivity index (χ1) is 12.3. The lowest BCUT2D eigenvalue weighted by Gasteiger charge is -2.36. The Morgan fingerprint density at radius 3 is 2.68 bits per heavy atom. The molecule has 4 rings (SSSR count). The molecule has 3 fully saturated rings. The smallest absolute Gasteiger partial charge is 0.320 e. The standard InChI is InChI=1S/C19H27N3O3/c1-24-18-5-3-2-4-15(18)12-20-8-9-21-17(13-20)14-22(19(21)23)16-6-10-25-11-7-16/h2-5,16-17H,6-14H2,1H3/t17-/m1/s1. The third-order valence-electron chi connectivity index (χ3n) is 5.68. The number of hydrogen-bond acceptors (Lipinski definition) is 4.